The first kappa shape index (κ1) is 18.3. The summed E-state index contributed by atoms with van der Waals surface area (Å²) in [5.74, 6) is 1.30. The van der Waals surface area contributed by atoms with Crippen LogP contribution in [-0.4, -0.2) is 82.6 Å². The first-order valence-corrected chi connectivity index (χ1v) is 9.20. The Kier molecular flexibility index (Phi) is 5.69. The quantitative estimate of drug-likeness (QED) is 0.308. The van der Waals surface area contributed by atoms with Gasteiger partial charge in [0.1, 0.15) is 12.2 Å². The number of aliphatic hydroxyl groups excluding tert-OH is 4. The van der Waals surface area contributed by atoms with Crippen molar-refractivity contribution >= 4 is 28.7 Å². The van der Waals surface area contributed by atoms with Gasteiger partial charge in [0.2, 0.25) is 0 Å². The van der Waals surface area contributed by atoms with Crippen LogP contribution in [0.5, 0.6) is 0 Å². The third kappa shape index (κ3) is 3.55. The molecule has 11 heteroatoms. The molecule has 0 saturated heterocycles. The van der Waals surface area contributed by atoms with Gasteiger partial charge in [-0.05, 0) is 6.42 Å². The molecule has 2 aromatic heterocycles. The third-order valence-corrected chi connectivity index (χ3v) is 5.13. The number of hydrogen-bond acceptors (Lipinski definition) is 10. The van der Waals surface area contributed by atoms with Gasteiger partial charge >= 0.3 is 0 Å². The molecule has 10 nitrogen and oxygen atoms in total. The molecular formula is C14H22N6O4S. The summed E-state index contributed by atoms with van der Waals surface area (Å²) in [5.41, 5.74) is 0.830. The van der Waals surface area contributed by atoms with Crippen molar-refractivity contribution in [2.45, 2.75) is 49.3 Å². The van der Waals surface area contributed by atoms with Crippen molar-refractivity contribution in [2.75, 3.05) is 24.2 Å². The summed E-state index contributed by atoms with van der Waals surface area (Å²) in [6.45, 7) is 2.30. The fourth-order valence-corrected chi connectivity index (χ4v) is 3.51. The molecule has 2 aromatic rings. The summed E-state index contributed by atoms with van der Waals surface area (Å²) in [6.07, 6.45) is -2.30. The van der Waals surface area contributed by atoms with E-state index in [4.69, 9.17) is 5.11 Å². The van der Waals surface area contributed by atoms with E-state index >= 15 is 0 Å². The van der Waals surface area contributed by atoms with Gasteiger partial charge in [-0.3, -0.25) is 0 Å². The van der Waals surface area contributed by atoms with Gasteiger partial charge in [0.25, 0.3) is 0 Å². The molecule has 2 heterocycles. The molecule has 0 radical (unpaired) electrons. The van der Waals surface area contributed by atoms with Crippen LogP contribution in [0.2, 0.25) is 0 Å². The summed E-state index contributed by atoms with van der Waals surface area (Å²) in [4.78, 5) is 8.90. The van der Waals surface area contributed by atoms with Gasteiger partial charge in [-0.15, -0.1) is 5.10 Å². The van der Waals surface area contributed by atoms with Crippen LogP contribution in [0.4, 0.5) is 5.82 Å². The van der Waals surface area contributed by atoms with Gasteiger partial charge in [-0.25, -0.2) is 14.6 Å². The van der Waals surface area contributed by atoms with Crippen LogP contribution in [0.25, 0.3) is 11.2 Å². The maximum Gasteiger partial charge on any atom is 0.191 e. The molecule has 138 valence electrons. The molecule has 0 spiro atoms. The van der Waals surface area contributed by atoms with Crippen molar-refractivity contribution < 1.29 is 20.4 Å². The lowest BCUT2D eigenvalue weighted by Crippen LogP contribution is -2.31. The van der Waals surface area contributed by atoms with Crippen LogP contribution in [0.15, 0.2) is 5.16 Å². The third-order valence-electron chi connectivity index (χ3n) is 4.08. The predicted octanol–water partition coefficient (Wildman–Crippen LogP) is -0.845. The molecule has 1 fully saturated rings. The van der Waals surface area contributed by atoms with Crippen LogP contribution in [-0.2, 0) is 0 Å². The molecule has 3 rings (SSSR count). The Morgan fingerprint density at radius 3 is 2.68 bits per heavy atom. The summed E-state index contributed by atoms with van der Waals surface area (Å²) in [5, 5.41) is 50.5. The maximum atomic E-state index is 10.2. The number of aromatic nitrogens is 5. The van der Waals surface area contributed by atoms with Crippen molar-refractivity contribution in [3.05, 3.63) is 0 Å². The smallest absolute Gasteiger partial charge is 0.191 e. The van der Waals surface area contributed by atoms with Crippen molar-refractivity contribution in [3.8, 4) is 0 Å². The number of thioether (sulfide) groups is 1. The van der Waals surface area contributed by atoms with Crippen LogP contribution in [0, 0.1) is 0 Å². The summed E-state index contributed by atoms with van der Waals surface area (Å²) >= 11 is 1.48. The Morgan fingerprint density at radius 1 is 1.24 bits per heavy atom. The number of aliphatic hydroxyl groups is 4. The Morgan fingerprint density at radius 2 is 2.04 bits per heavy atom. The van der Waals surface area contributed by atoms with E-state index < -0.39 is 24.4 Å². The summed E-state index contributed by atoms with van der Waals surface area (Å²) < 4.78 is 1.43. The zero-order valence-corrected chi connectivity index (χ0v) is 14.6. The van der Waals surface area contributed by atoms with Gasteiger partial charge < -0.3 is 25.7 Å². The van der Waals surface area contributed by atoms with Gasteiger partial charge in [-0.2, -0.15) is 0 Å². The highest BCUT2D eigenvalue weighted by Crippen LogP contribution is 2.33. The van der Waals surface area contributed by atoms with Crippen LogP contribution in [0.1, 0.15) is 25.8 Å². The zero-order valence-electron chi connectivity index (χ0n) is 13.8. The average Bonchev–Trinajstić information content (AvgIpc) is 3.14. The first-order valence-electron chi connectivity index (χ1n) is 8.21. The molecule has 1 aliphatic rings. The minimum absolute atomic E-state index is 0.0587. The molecule has 0 amide bonds. The SMILES string of the molecule is CCCSc1nc(NCCO)c2nnn([C@@H]3C[C@H](O)[C@@H](O)[C@H]3O)c2n1. The molecule has 1 saturated carbocycles. The average molecular weight is 370 g/mol. The van der Waals surface area contributed by atoms with E-state index in [-0.39, 0.29) is 13.0 Å². The molecule has 0 unspecified atom stereocenters. The maximum absolute atomic E-state index is 10.2. The van der Waals surface area contributed by atoms with E-state index in [1.807, 2.05) is 0 Å². The second kappa shape index (κ2) is 7.79. The molecule has 0 bridgehead atoms. The van der Waals surface area contributed by atoms with Crippen molar-refractivity contribution in [1.29, 1.82) is 0 Å². The number of nitrogens with zero attached hydrogens (tertiary/aromatic N) is 5. The largest absolute Gasteiger partial charge is 0.395 e. The zero-order chi connectivity index (χ0) is 18.0. The van der Waals surface area contributed by atoms with Gasteiger partial charge in [0, 0.05) is 18.7 Å². The highest BCUT2D eigenvalue weighted by Gasteiger charge is 2.43. The molecule has 0 aromatic carbocycles. The highest BCUT2D eigenvalue weighted by molar-refractivity contribution is 7.99. The van der Waals surface area contributed by atoms with E-state index in [2.05, 4.69) is 32.5 Å². The van der Waals surface area contributed by atoms with E-state index in [0.29, 0.717) is 28.7 Å². The van der Waals surface area contributed by atoms with Gasteiger partial charge in [0.15, 0.2) is 22.1 Å². The van der Waals surface area contributed by atoms with Crippen molar-refractivity contribution in [3.63, 3.8) is 0 Å². The second-order valence-corrected chi connectivity index (χ2v) is 6.97. The fraction of sp³-hybridized carbons (Fsp3) is 0.714. The van der Waals surface area contributed by atoms with E-state index in [9.17, 15) is 15.3 Å². The number of anilines is 1. The summed E-state index contributed by atoms with van der Waals surface area (Å²) in [6, 6.07) is -0.625. The van der Waals surface area contributed by atoms with Crippen LogP contribution < -0.4 is 5.32 Å². The molecule has 0 aliphatic heterocycles. The molecule has 25 heavy (non-hydrogen) atoms. The van der Waals surface area contributed by atoms with Gasteiger partial charge in [-0.1, -0.05) is 23.9 Å². The first-order chi connectivity index (χ1) is 12.1. The molecule has 4 atom stereocenters. The second-order valence-electron chi connectivity index (χ2n) is 5.91. The van der Waals surface area contributed by atoms with E-state index in [1.54, 1.807) is 0 Å². The van der Waals surface area contributed by atoms with Gasteiger partial charge in [0.05, 0.1) is 18.8 Å². The number of nitrogens with one attached hydrogen (secondary N) is 1. The van der Waals surface area contributed by atoms with Crippen LogP contribution in [0.3, 0.4) is 0 Å². The Labute approximate surface area is 148 Å². The Hall–Kier alpha value is -1.53. The number of fused-ring (bicyclic) bond motifs is 1. The number of hydrogen-bond donors (Lipinski definition) is 5. The highest BCUT2D eigenvalue weighted by atomic mass is 32.2. The number of rotatable bonds is 7. The minimum atomic E-state index is -1.23. The minimum Gasteiger partial charge on any atom is -0.395 e. The van der Waals surface area contributed by atoms with Crippen LogP contribution >= 0.6 is 11.8 Å². The normalized spacial score (nSPS) is 26.4. The topological polar surface area (TPSA) is 149 Å². The fourth-order valence-electron chi connectivity index (χ4n) is 2.81. The van der Waals surface area contributed by atoms with E-state index in [0.717, 1.165) is 12.2 Å². The lowest BCUT2D eigenvalue weighted by atomic mass is 10.2. The standard InChI is InChI=1S/C14H22N6O4S/c1-2-5-25-14-16-12(15-3-4-21)9-13(17-14)20(19-18-9)7-6-8(22)11(24)10(7)23/h7-8,10-11,21-24H,2-6H2,1H3,(H,15,16,17)/t7-,8+,10+,11-/m1/s1. The predicted molar refractivity (Wildman–Crippen MR) is 91.4 cm³/mol. The molecule has 5 N–H and O–H groups in total. The lowest BCUT2D eigenvalue weighted by molar-refractivity contribution is -0.0253. The Bertz CT molecular complexity index is 729. The monoisotopic (exact) mass is 370 g/mol. The lowest BCUT2D eigenvalue weighted by Gasteiger charge is -2.16. The Balaban J connectivity index is 2.02. The van der Waals surface area contributed by atoms with Crippen molar-refractivity contribution in [1.82, 2.24) is 25.0 Å². The van der Waals surface area contributed by atoms with Crippen molar-refractivity contribution in [2.24, 2.45) is 0 Å². The van der Waals surface area contributed by atoms with E-state index in [1.165, 1.54) is 16.4 Å². The molecule has 1 aliphatic carbocycles. The summed E-state index contributed by atoms with van der Waals surface area (Å²) in [7, 11) is 0. The molecular weight excluding hydrogens is 348 g/mol.